The van der Waals surface area contributed by atoms with Gasteiger partial charge in [0.1, 0.15) is 0 Å². The maximum absolute atomic E-state index is 3.44. The van der Waals surface area contributed by atoms with Gasteiger partial charge in [-0.25, -0.2) is 0 Å². The molecule has 0 aromatic rings. The lowest BCUT2D eigenvalue weighted by Gasteiger charge is -2.26. The molecule has 0 radical (unpaired) electrons. The molecule has 1 aliphatic rings. The zero-order valence-corrected chi connectivity index (χ0v) is 9.32. The first-order valence-electron chi connectivity index (χ1n) is 5.61. The van der Waals surface area contributed by atoms with Gasteiger partial charge in [-0.15, -0.1) is 0 Å². The summed E-state index contributed by atoms with van der Waals surface area (Å²) in [5, 5.41) is 3.44. The van der Waals surface area contributed by atoms with Gasteiger partial charge in [0.05, 0.1) is 0 Å². The van der Waals surface area contributed by atoms with Gasteiger partial charge in [-0.1, -0.05) is 32.4 Å². The molecule has 0 spiro atoms. The number of hydrogen-bond acceptors (Lipinski definition) is 1. The predicted octanol–water partition coefficient (Wildman–Crippen LogP) is 3.12. The van der Waals surface area contributed by atoms with Crippen LogP contribution in [-0.4, -0.2) is 13.1 Å². The SMILES string of the molecule is CCC(C)(/C=C1\CCCNC1)CC. The maximum Gasteiger partial charge on any atom is 0.0164 e. The fourth-order valence-corrected chi connectivity index (χ4v) is 1.85. The molecule has 1 nitrogen and oxygen atoms in total. The molecule has 76 valence electrons. The third-order valence-electron chi connectivity index (χ3n) is 3.37. The molecule has 1 heteroatoms. The van der Waals surface area contributed by atoms with Crippen molar-refractivity contribution in [2.24, 2.45) is 5.41 Å². The van der Waals surface area contributed by atoms with Crippen molar-refractivity contribution >= 4 is 0 Å². The Morgan fingerprint density at radius 3 is 2.54 bits per heavy atom. The van der Waals surface area contributed by atoms with Crippen molar-refractivity contribution in [1.29, 1.82) is 0 Å². The predicted molar refractivity (Wildman–Crippen MR) is 58.9 cm³/mol. The van der Waals surface area contributed by atoms with E-state index >= 15 is 0 Å². The molecule has 1 saturated heterocycles. The maximum atomic E-state index is 3.44. The summed E-state index contributed by atoms with van der Waals surface area (Å²) in [5.41, 5.74) is 2.06. The molecule has 0 bridgehead atoms. The summed E-state index contributed by atoms with van der Waals surface area (Å²) >= 11 is 0. The third kappa shape index (κ3) is 3.15. The monoisotopic (exact) mass is 181 g/mol. The van der Waals surface area contributed by atoms with Crippen molar-refractivity contribution < 1.29 is 0 Å². The van der Waals surface area contributed by atoms with Crippen LogP contribution in [0.1, 0.15) is 46.5 Å². The standard InChI is InChI=1S/C12H23N/c1-4-12(3,5-2)9-11-7-6-8-13-10-11/h9,13H,4-8,10H2,1-3H3/b11-9+. The highest BCUT2D eigenvalue weighted by Crippen LogP contribution is 2.29. The molecule has 1 heterocycles. The summed E-state index contributed by atoms with van der Waals surface area (Å²) in [4.78, 5) is 0. The third-order valence-corrected chi connectivity index (χ3v) is 3.37. The lowest BCUT2D eigenvalue weighted by atomic mass is 9.82. The molecule has 13 heavy (non-hydrogen) atoms. The van der Waals surface area contributed by atoms with Gasteiger partial charge in [0.2, 0.25) is 0 Å². The van der Waals surface area contributed by atoms with E-state index in [1.165, 1.54) is 32.2 Å². The van der Waals surface area contributed by atoms with Crippen molar-refractivity contribution in [3.05, 3.63) is 11.6 Å². The molecule has 0 aromatic carbocycles. The van der Waals surface area contributed by atoms with E-state index in [-0.39, 0.29) is 0 Å². The number of allylic oxidation sites excluding steroid dienone is 1. The van der Waals surface area contributed by atoms with E-state index in [0.717, 1.165) is 6.54 Å². The highest BCUT2D eigenvalue weighted by molar-refractivity contribution is 5.11. The van der Waals surface area contributed by atoms with E-state index in [9.17, 15) is 0 Å². The van der Waals surface area contributed by atoms with E-state index in [1.807, 2.05) is 0 Å². The molecule has 1 rings (SSSR count). The average Bonchev–Trinajstić information content (AvgIpc) is 2.19. The van der Waals surface area contributed by atoms with Crippen LogP contribution in [0.2, 0.25) is 0 Å². The van der Waals surface area contributed by atoms with Gasteiger partial charge in [0.25, 0.3) is 0 Å². The van der Waals surface area contributed by atoms with E-state index in [1.54, 1.807) is 5.57 Å². The minimum atomic E-state index is 0.439. The molecule has 0 unspecified atom stereocenters. The number of piperidine rings is 1. The van der Waals surface area contributed by atoms with Crippen LogP contribution < -0.4 is 5.32 Å². The highest BCUT2D eigenvalue weighted by Gasteiger charge is 2.17. The average molecular weight is 181 g/mol. The van der Waals surface area contributed by atoms with Gasteiger partial charge in [-0.3, -0.25) is 0 Å². The van der Waals surface area contributed by atoms with Crippen molar-refractivity contribution in [2.45, 2.75) is 46.5 Å². The first-order valence-corrected chi connectivity index (χ1v) is 5.61. The first-order chi connectivity index (χ1) is 6.20. The Kier molecular flexibility index (Phi) is 3.98. The summed E-state index contributed by atoms with van der Waals surface area (Å²) < 4.78 is 0. The Balaban J connectivity index is 2.59. The molecular formula is C12H23N. The molecule has 0 aromatic heterocycles. The van der Waals surface area contributed by atoms with Crippen LogP contribution in [0.25, 0.3) is 0 Å². The molecule has 1 fully saturated rings. The van der Waals surface area contributed by atoms with E-state index in [4.69, 9.17) is 0 Å². The molecule has 1 N–H and O–H groups in total. The van der Waals surface area contributed by atoms with Crippen molar-refractivity contribution in [3.8, 4) is 0 Å². The van der Waals surface area contributed by atoms with Crippen LogP contribution in [0.3, 0.4) is 0 Å². The molecule has 1 aliphatic heterocycles. The Labute approximate surface area is 82.6 Å². The molecule has 0 amide bonds. The van der Waals surface area contributed by atoms with Crippen LogP contribution >= 0.6 is 0 Å². The Hall–Kier alpha value is -0.300. The van der Waals surface area contributed by atoms with E-state index in [0.29, 0.717) is 5.41 Å². The van der Waals surface area contributed by atoms with Crippen LogP contribution in [0.5, 0.6) is 0 Å². The van der Waals surface area contributed by atoms with Crippen LogP contribution in [0, 0.1) is 5.41 Å². The number of rotatable bonds is 3. The highest BCUT2D eigenvalue weighted by atomic mass is 14.9. The minimum absolute atomic E-state index is 0.439. The normalized spacial score (nSPS) is 22.2. The number of nitrogens with one attached hydrogen (secondary N) is 1. The van der Waals surface area contributed by atoms with Gasteiger partial charge >= 0.3 is 0 Å². The fourth-order valence-electron chi connectivity index (χ4n) is 1.85. The largest absolute Gasteiger partial charge is 0.313 e. The quantitative estimate of drug-likeness (QED) is 0.660. The van der Waals surface area contributed by atoms with Gasteiger partial charge < -0.3 is 5.32 Å². The summed E-state index contributed by atoms with van der Waals surface area (Å²) in [7, 11) is 0. The van der Waals surface area contributed by atoms with Crippen LogP contribution in [-0.2, 0) is 0 Å². The lowest BCUT2D eigenvalue weighted by molar-refractivity contribution is 0.389. The van der Waals surface area contributed by atoms with E-state index in [2.05, 4.69) is 32.2 Å². The minimum Gasteiger partial charge on any atom is -0.313 e. The fraction of sp³-hybridized carbons (Fsp3) is 0.833. The summed E-state index contributed by atoms with van der Waals surface area (Å²) in [5.74, 6) is 0. The van der Waals surface area contributed by atoms with Crippen molar-refractivity contribution in [1.82, 2.24) is 5.32 Å². The van der Waals surface area contributed by atoms with Gasteiger partial charge in [0.15, 0.2) is 0 Å². The van der Waals surface area contributed by atoms with Gasteiger partial charge in [0, 0.05) is 6.54 Å². The zero-order chi connectivity index (χ0) is 9.73. The van der Waals surface area contributed by atoms with Gasteiger partial charge in [-0.2, -0.15) is 0 Å². The van der Waals surface area contributed by atoms with E-state index < -0.39 is 0 Å². The Morgan fingerprint density at radius 2 is 2.08 bits per heavy atom. The summed E-state index contributed by atoms with van der Waals surface area (Å²) in [6.45, 7) is 9.27. The lowest BCUT2D eigenvalue weighted by Crippen LogP contribution is -2.25. The van der Waals surface area contributed by atoms with Crippen molar-refractivity contribution in [2.75, 3.05) is 13.1 Å². The first kappa shape index (κ1) is 10.8. The Bertz CT molecular complexity index is 170. The zero-order valence-electron chi connectivity index (χ0n) is 9.32. The molecule has 0 aliphatic carbocycles. The Morgan fingerprint density at radius 1 is 1.38 bits per heavy atom. The molecule has 0 saturated carbocycles. The topological polar surface area (TPSA) is 12.0 Å². The second-order valence-electron chi connectivity index (χ2n) is 4.44. The summed E-state index contributed by atoms with van der Waals surface area (Å²) in [6.07, 6.45) is 7.65. The van der Waals surface area contributed by atoms with Gasteiger partial charge in [-0.05, 0) is 37.6 Å². The number of hydrogen-bond donors (Lipinski definition) is 1. The second kappa shape index (κ2) is 4.80. The van der Waals surface area contributed by atoms with Crippen molar-refractivity contribution in [3.63, 3.8) is 0 Å². The molecule has 0 atom stereocenters. The van der Waals surface area contributed by atoms with Crippen LogP contribution in [0.4, 0.5) is 0 Å². The summed E-state index contributed by atoms with van der Waals surface area (Å²) in [6, 6.07) is 0. The van der Waals surface area contributed by atoms with Crippen LogP contribution in [0.15, 0.2) is 11.6 Å². The second-order valence-corrected chi connectivity index (χ2v) is 4.44. The smallest absolute Gasteiger partial charge is 0.0164 e. The molecular weight excluding hydrogens is 158 g/mol.